The number of carbonyl (C=O) groups excluding carboxylic acids is 2. The number of rotatable bonds is 14. The summed E-state index contributed by atoms with van der Waals surface area (Å²) in [6.07, 6.45) is -0.949. The number of hydrogen-bond donors (Lipinski definition) is 0. The number of ether oxygens (including phenoxy) is 5. The highest BCUT2D eigenvalue weighted by atomic mass is 35.5. The van der Waals surface area contributed by atoms with Gasteiger partial charge < -0.3 is 23.7 Å². The first-order valence-electron chi connectivity index (χ1n) is 12.1. The van der Waals surface area contributed by atoms with E-state index in [1.165, 1.54) is 13.8 Å². The number of benzene rings is 2. The Morgan fingerprint density at radius 3 is 2.03 bits per heavy atom. The monoisotopic (exact) mass is 532 g/mol. The van der Waals surface area contributed by atoms with Crippen LogP contribution in [0.25, 0.3) is 0 Å². The Balaban J connectivity index is 2.06. The predicted molar refractivity (Wildman–Crippen MR) is 143 cm³/mol. The van der Waals surface area contributed by atoms with Crippen LogP contribution in [0, 0.1) is 6.92 Å². The van der Waals surface area contributed by atoms with Crippen molar-refractivity contribution in [1.29, 1.82) is 0 Å². The fourth-order valence-electron chi connectivity index (χ4n) is 3.66. The van der Waals surface area contributed by atoms with Crippen molar-refractivity contribution in [3.63, 3.8) is 0 Å². The summed E-state index contributed by atoms with van der Waals surface area (Å²) in [6, 6.07) is 13.9. The molecule has 0 aromatic heterocycles. The van der Waals surface area contributed by atoms with Gasteiger partial charge in [-0.2, -0.15) is 0 Å². The van der Waals surface area contributed by atoms with Gasteiger partial charge in [-0.1, -0.05) is 44.7 Å². The molecule has 37 heavy (non-hydrogen) atoms. The van der Waals surface area contributed by atoms with Crippen LogP contribution in [0.5, 0.6) is 11.5 Å². The summed E-state index contributed by atoms with van der Waals surface area (Å²) in [5, 5.41) is 0. The fourth-order valence-corrected chi connectivity index (χ4v) is 3.81. The molecule has 0 N–H and O–H groups in total. The molecule has 0 fully saturated rings. The van der Waals surface area contributed by atoms with Crippen molar-refractivity contribution in [1.82, 2.24) is 0 Å². The van der Waals surface area contributed by atoms with E-state index < -0.39 is 18.0 Å². The maximum Gasteiger partial charge on any atom is 0.303 e. The molecule has 0 aliphatic heterocycles. The Hall–Kier alpha value is -3.19. The van der Waals surface area contributed by atoms with Crippen LogP contribution in [0.1, 0.15) is 51.3 Å². The van der Waals surface area contributed by atoms with Crippen molar-refractivity contribution in [2.75, 3.05) is 25.7 Å². The van der Waals surface area contributed by atoms with Crippen LogP contribution >= 0.6 is 11.6 Å². The fraction of sp³-hybridized carbons (Fsp3) is 0.448. The normalized spacial score (nSPS) is 12.7. The van der Waals surface area contributed by atoms with Crippen LogP contribution in [0.4, 0.5) is 0 Å². The molecule has 2 unspecified atom stereocenters. The molecule has 2 atom stereocenters. The molecule has 0 aliphatic carbocycles. The second-order valence-electron chi connectivity index (χ2n) is 9.38. The quantitative estimate of drug-likeness (QED) is 0.174. The third kappa shape index (κ3) is 9.65. The van der Waals surface area contributed by atoms with Crippen LogP contribution in [0.15, 0.2) is 54.8 Å². The molecular formula is C29H37ClO7. The summed E-state index contributed by atoms with van der Waals surface area (Å²) < 4.78 is 27.4. The Kier molecular flexibility index (Phi) is 11.3. The summed E-state index contributed by atoms with van der Waals surface area (Å²) in [4.78, 5) is 22.4. The highest BCUT2D eigenvalue weighted by molar-refractivity contribution is 6.18. The Morgan fingerprint density at radius 2 is 1.49 bits per heavy atom. The standard InChI is InChI=1S/C29H37ClO7/c1-19(2)36-26(15-30)16-35-28-13-10-24(14-20(28)3)29(6,7)23-8-11-25(12-9-23)34-18-27(37-22(5)32)17-33-21(4)31/h8-14,26-27H,1,15-18H2,2-7H3. The van der Waals surface area contributed by atoms with E-state index >= 15 is 0 Å². The maximum absolute atomic E-state index is 11.3. The van der Waals surface area contributed by atoms with Gasteiger partial charge in [-0.05, 0) is 48.7 Å². The Labute approximate surface area is 224 Å². The lowest BCUT2D eigenvalue weighted by atomic mass is 9.77. The highest BCUT2D eigenvalue weighted by Crippen LogP contribution is 2.34. The molecule has 0 saturated heterocycles. The van der Waals surface area contributed by atoms with Gasteiger partial charge in [-0.15, -0.1) is 11.6 Å². The van der Waals surface area contributed by atoms with E-state index in [-0.39, 0.29) is 24.7 Å². The minimum atomic E-state index is -0.687. The summed E-state index contributed by atoms with van der Waals surface area (Å²) in [5.74, 6) is 1.39. The summed E-state index contributed by atoms with van der Waals surface area (Å²) >= 11 is 5.97. The minimum absolute atomic E-state index is 0.0630. The Bertz CT molecular complexity index is 1060. The van der Waals surface area contributed by atoms with Gasteiger partial charge in [0.2, 0.25) is 0 Å². The van der Waals surface area contributed by atoms with Crippen molar-refractivity contribution in [3.05, 3.63) is 71.5 Å². The first-order chi connectivity index (χ1) is 17.4. The zero-order valence-corrected chi connectivity index (χ0v) is 23.2. The lowest BCUT2D eigenvalue weighted by Crippen LogP contribution is -2.29. The third-order valence-electron chi connectivity index (χ3n) is 5.68. The second-order valence-corrected chi connectivity index (χ2v) is 9.69. The molecule has 0 amide bonds. The highest BCUT2D eigenvalue weighted by Gasteiger charge is 2.24. The van der Waals surface area contributed by atoms with Crippen molar-refractivity contribution < 1.29 is 33.3 Å². The van der Waals surface area contributed by atoms with Crippen LogP contribution in [-0.4, -0.2) is 49.8 Å². The maximum atomic E-state index is 11.3. The number of alkyl halides is 1. The first-order valence-corrected chi connectivity index (χ1v) is 12.6. The number of aryl methyl sites for hydroxylation is 1. The van der Waals surface area contributed by atoms with Gasteiger partial charge in [0.15, 0.2) is 6.10 Å². The first kappa shape index (κ1) is 30.0. The van der Waals surface area contributed by atoms with Gasteiger partial charge in [0.1, 0.15) is 37.4 Å². The van der Waals surface area contributed by atoms with Crippen molar-refractivity contribution in [3.8, 4) is 11.5 Å². The molecule has 2 aromatic carbocycles. The van der Waals surface area contributed by atoms with Crippen molar-refractivity contribution >= 4 is 23.5 Å². The van der Waals surface area contributed by atoms with Crippen LogP contribution in [0.3, 0.4) is 0 Å². The minimum Gasteiger partial charge on any atom is -0.491 e. The molecule has 0 heterocycles. The number of halogens is 1. The van der Waals surface area contributed by atoms with E-state index in [1.807, 2.05) is 37.3 Å². The number of carbonyl (C=O) groups is 2. The van der Waals surface area contributed by atoms with Gasteiger partial charge >= 0.3 is 11.9 Å². The summed E-state index contributed by atoms with van der Waals surface area (Å²) in [5.41, 5.74) is 2.97. The zero-order chi connectivity index (χ0) is 27.6. The molecule has 2 rings (SSSR count). The third-order valence-corrected chi connectivity index (χ3v) is 6.02. The van der Waals surface area contributed by atoms with Crippen molar-refractivity contribution in [2.24, 2.45) is 0 Å². The number of esters is 2. The zero-order valence-electron chi connectivity index (χ0n) is 22.5. The second kappa shape index (κ2) is 13.9. The van der Waals surface area contributed by atoms with Crippen LogP contribution < -0.4 is 9.47 Å². The molecule has 7 nitrogen and oxygen atoms in total. The lowest BCUT2D eigenvalue weighted by molar-refractivity contribution is -0.158. The molecule has 0 bridgehead atoms. The van der Waals surface area contributed by atoms with E-state index in [1.54, 1.807) is 6.92 Å². The average molecular weight is 533 g/mol. The molecule has 0 radical (unpaired) electrons. The summed E-state index contributed by atoms with van der Waals surface area (Å²) in [7, 11) is 0. The van der Waals surface area contributed by atoms with E-state index in [9.17, 15) is 9.59 Å². The number of allylic oxidation sites excluding steroid dienone is 1. The van der Waals surface area contributed by atoms with Gasteiger partial charge in [0, 0.05) is 19.3 Å². The van der Waals surface area contributed by atoms with E-state index in [0.717, 1.165) is 22.4 Å². The number of hydrogen-bond acceptors (Lipinski definition) is 7. The smallest absolute Gasteiger partial charge is 0.303 e. The lowest BCUT2D eigenvalue weighted by Gasteiger charge is -2.27. The van der Waals surface area contributed by atoms with Crippen molar-refractivity contribution in [2.45, 2.75) is 59.2 Å². The Morgan fingerprint density at radius 1 is 0.865 bits per heavy atom. The molecular weight excluding hydrogens is 496 g/mol. The van der Waals surface area contributed by atoms with Gasteiger partial charge in [-0.3, -0.25) is 9.59 Å². The van der Waals surface area contributed by atoms with E-state index in [0.29, 0.717) is 24.0 Å². The predicted octanol–water partition coefficient (Wildman–Crippen LogP) is 5.73. The molecule has 202 valence electrons. The molecule has 0 saturated carbocycles. The van der Waals surface area contributed by atoms with Crippen LogP contribution in [-0.2, 0) is 29.2 Å². The van der Waals surface area contributed by atoms with Gasteiger partial charge in [0.25, 0.3) is 0 Å². The van der Waals surface area contributed by atoms with E-state index in [4.69, 9.17) is 35.3 Å². The summed E-state index contributed by atoms with van der Waals surface area (Å²) in [6.45, 7) is 14.8. The van der Waals surface area contributed by atoms with Gasteiger partial charge in [0.05, 0.1) is 11.6 Å². The molecule has 0 spiro atoms. The van der Waals surface area contributed by atoms with Crippen LogP contribution in [0.2, 0.25) is 0 Å². The average Bonchev–Trinajstić information content (AvgIpc) is 2.83. The largest absolute Gasteiger partial charge is 0.491 e. The SMILES string of the molecule is C=C(C)OC(CCl)COc1ccc(C(C)(C)c2ccc(OCC(COC(C)=O)OC(C)=O)cc2)cc1C. The van der Waals surface area contributed by atoms with E-state index in [2.05, 4.69) is 32.6 Å². The van der Waals surface area contributed by atoms with Gasteiger partial charge in [-0.25, -0.2) is 0 Å². The molecule has 2 aromatic rings. The molecule has 8 heteroatoms. The molecule has 0 aliphatic rings. The topological polar surface area (TPSA) is 80.3 Å².